The van der Waals surface area contributed by atoms with Gasteiger partial charge in [0.15, 0.2) is 0 Å². The van der Waals surface area contributed by atoms with Gasteiger partial charge in [0.1, 0.15) is 0 Å². The highest BCUT2D eigenvalue weighted by atomic mass is 15.3. The van der Waals surface area contributed by atoms with Crippen molar-refractivity contribution in [2.45, 2.75) is 44.7 Å². The van der Waals surface area contributed by atoms with Crippen molar-refractivity contribution in [3.63, 3.8) is 0 Å². The molecule has 1 fully saturated rings. The molecule has 1 aromatic carbocycles. The highest BCUT2D eigenvalue weighted by Crippen LogP contribution is 2.29. The first-order valence-corrected chi connectivity index (χ1v) is 8.90. The third-order valence-electron chi connectivity index (χ3n) is 5.30. The summed E-state index contributed by atoms with van der Waals surface area (Å²) in [5.41, 5.74) is 5.45. The van der Waals surface area contributed by atoms with Crippen LogP contribution in [0.3, 0.4) is 0 Å². The van der Waals surface area contributed by atoms with Crippen molar-refractivity contribution in [3.05, 3.63) is 47.3 Å². The summed E-state index contributed by atoms with van der Waals surface area (Å²) < 4.78 is 2.19. The molecule has 0 saturated carbocycles. The predicted molar refractivity (Wildman–Crippen MR) is 92.9 cm³/mol. The van der Waals surface area contributed by atoms with Crippen molar-refractivity contribution in [1.82, 2.24) is 20.0 Å². The van der Waals surface area contributed by atoms with Gasteiger partial charge in [0.2, 0.25) is 0 Å². The molecule has 1 aromatic heterocycles. The molecule has 0 bridgehead atoms. The zero-order valence-corrected chi connectivity index (χ0v) is 14.0. The molecule has 0 spiro atoms. The standard InChI is InChI=1S/C19H26N4/c1-20-15-7-6-12-22(13-15)14-18-17-10-5-11-19(17)23(21-18)16-8-3-2-4-9-16/h2-4,8-9,15,20H,5-7,10-14H2,1H3. The fourth-order valence-electron chi connectivity index (χ4n) is 4.07. The van der Waals surface area contributed by atoms with E-state index in [9.17, 15) is 0 Å². The maximum absolute atomic E-state index is 5.00. The van der Waals surface area contributed by atoms with Crippen LogP contribution in [0, 0.1) is 0 Å². The number of hydrogen-bond acceptors (Lipinski definition) is 3. The number of benzene rings is 1. The van der Waals surface area contributed by atoms with Gasteiger partial charge in [-0.2, -0.15) is 5.10 Å². The number of nitrogens with zero attached hydrogens (tertiary/aromatic N) is 3. The first-order valence-electron chi connectivity index (χ1n) is 8.90. The van der Waals surface area contributed by atoms with Crippen molar-refractivity contribution in [2.75, 3.05) is 20.1 Å². The molecule has 1 aliphatic carbocycles. The average molecular weight is 310 g/mol. The van der Waals surface area contributed by atoms with Gasteiger partial charge in [-0.1, -0.05) is 18.2 Å². The number of fused-ring (bicyclic) bond motifs is 1. The number of para-hydroxylation sites is 1. The van der Waals surface area contributed by atoms with Crippen LogP contribution in [0.1, 0.15) is 36.2 Å². The summed E-state index contributed by atoms with van der Waals surface area (Å²) in [5.74, 6) is 0. The monoisotopic (exact) mass is 310 g/mol. The second-order valence-electron chi connectivity index (χ2n) is 6.84. The number of piperidine rings is 1. The van der Waals surface area contributed by atoms with Crippen LogP contribution in [0.25, 0.3) is 5.69 Å². The number of nitrogens with one attached hydrogen (secondary N) is 1. The summed E-state index contributed by atoms with van der Waals surface area (Å²) in [4.78, 5) is 2.57. The summed E-state index contributed by atoms with van der Waals surface area (Å²) in [7, 11) is 2.08. The van der Waals surface area contributed by atoms with Crippen LogP contribution < -0.4 is 5.32 Å². The first kappa shape index (κ1) is 14.9. The Morgan fingerprint density at radius 3 is 2.87 bits per heavy atom. The summed E-state index contributed by atoms with van der Waals surface area (Å²) >= 11 is 0. The molecule has 1 aliphatic heterocycles. The summed E-state index contributed by atoms with van der Waals surface area (Å²) in [6.07, 6.45) is 6.21. The Morgan fingerprint density at radius 1 is 1.17 bits per heavy atom. The molecular weight excluding hydrogens is 284 g/mol. The van der Waals surface area contributed by atoms with Gasteiger partial charge in [-0.15, -0.1) is 0 Å². The lowest BCUT2D eigenvalue weighted by Crippen LogP contribution is -2.44. The van der Waals surface area contributed by atoms with Crippen molar-refractivity contribution >= 4 is 0 Å². The minimum Gasteiger partial charge on any atom is -0.316 e. The van der Waals surface area contributed by atoms with Crippen molar-refractivity contribution in [1.29, 1.82) is 0 Å². The Balaban J connectivity index is 1.60. The Hall–Kier alpha value is -1.65. The maximum atomic E-state index is 5.00. The van der Waals surface area contributed by atoms with E-state index in [4.69, 9.17) is 5.10 Å². The maximum Gasteiger partial charge on any atom is 0.0804 e. The van der Waals surface area contributed by atoms with Crippen molar-refractivity contribution in [2.24, 2.45) is 0 Å². The van der Waals surface area contributed by atoms with Crippen LogP contribution >= 0.6 is 0 Å². The molecule has 2 heterocycles. The number of likely N-dealkylation sites (N-methyl/N-ethyl adjacent to an activating group) is 1. The molecular formula is C19H26N4. The van der Waals surface area contributed by atoms with Gasteiger partial charge in [0.05, 0.1) is 11.4 Å². The van der Waals surface area contributed by atoms with Crippen LogP contribution in [0.15, 0.2) is 30.3 Å². The molecule has 1 atom stereocenters. The molecule has 4 rings (SSSR count). The van der Waals surface area contributed by atoms with Gasteiger partial charge in [0, 0.05) is 24.8 Å². The third kappa shape index (κ3) is 2.93. The lowest BCUT2D eigenvalue weighted by molar-refractivity contribution is 0.185. The molecule has 2 aliphatic rings. The van der Waals surface area contributed by atoms with Crippen LogP contribution in [0.2, 0.25) is 0 Å². The van der Waals surface area contributed by atoms with Gasteiger partial charge < -0.3 is 5.32 Å². The Morgan fingerprint density at radius 2 is 2.04 bits per heavy atom. The first-order chi connectivity index (χ1) is 11.3. The number of rotatable bonds is 4. The number of likely N-dealkylation sites (tertiary alicyclic amines) is 1. The summed E-state index contributed by atoms with van der Waals surface area (Å²) in [6, 6.07) is 11.2. The highest BCUT2D eigenvalue weighted by molar-refractivity contribution is 5.39. The number of aromatic nitrogens is 2. The van der Waals surface area contributed by atoms with Gasteiger partial charge in [-0.3, -0.25) is 4.90 Å². The smallest absolute Gasteiger partial charge is 0.0804 e. The summed E-state index contributed by atoms with van der Waals surface area (Å²) in [6.45, 7) is 3.34. The topological polar surface area (TPSA) is 33.1 Å². The minimum absolute atomic E-state index is 0.632. The lowest BCUT2D eigenvalue weighted by atomic mass is 10.1. The number of hydrogen-bond donors (Lipinski definition) is 1. The molecule has 1 saturated heterocycles. The second kappa shape index (κ2) is 6.46. The van der Waals surface area contributed by atoms with E-state index < -0.39 is 0 Å². The molecule has 1 unspecified atom stereocenters. The van der Waals surface area contributed by atoms with E-state index in [0.29, 0.717) is 6.04 Å². The van der Waals surface area contributed by atoms with E-state index in [-0.39, 0.29) is 0 Å². The molecule has 0 radical (unpaired) electrons. The fraction of sp³-hybridized carbons (Fsp3) is 0.526. The van der Waals surface area contributed by atoms with E-state index in [2.05, 4.69) is 52.3 Å². The molecule has 23 heavy (non-hydrogen) atoms. The van der Waals surface area contributed by atoms with Crippen LogP contribution in [0.5, 0.6) is 0 Å². The molecule has 4 heteroatoms. The van der Waals surface area contributed by atoms with Crippen molar-refractivity contribution < 1.29 is 0 Å². The lowest BCUT2D eigenvalue weighted by Gasteiger charge is -2.32. The fourth-order valence-corrected chi connectivity index (χ4v) is 4.07. The average Bonchev–Trinajstić information content (AvgIpc) is 3.20. The largest absolute Gasteiger partial charge is 0.316 e. The van der Waals surface area contributed by atoms with E-state index in [1.54, 1.807) is 0 Å². The SMILES string of the molecule is CNC1CCCN(Cc2nn(-c3ccccc3)c3c2CCC3)C1. The van der Waals surface area contributed by atoms with Gasteiger partial charge in [-0.05, 0) is 63.4 Å². The van der Waals surface area contributed by atoms with Crippen LogP contribution in [0.4, 0.5) is 0 Å². The molecule has 4 nitrogen and oxygen atoms in total. The Labute approximate surface area is 138 Å². The van der Waals surface area contributed by atoms with E-state index in [0.717, 1.165) is 19.5 Å². The zero-order chi connectivity index (χ0) is 15.6. The quantitative estimate of drug-likeness (QED) is 0.942. The van der Waals surface area contributed by atoms with E-state index in [1.807, 2.05) is 0 Å². The summed E-state index contributed by atoms with van der Waals surface area (Å²) in [5, 5.41) is 8.44. The van der Waals surface area contributed by atoms with Gasteiger partial charge >= 0.3 is 0 Å². The Bertz CT molecular complexity index is 662. The Kier molecular flexibility index (Phi) is 4.19. The molecule has 1 N–H and O–H groups in total. The predicted octanol–water partition coefficient (Wildman–Crippen LogP) is 2.54. The normalized spacial score (nSPS) is 21.5. The van der Waals surface area contributed by atoms with Crippen LogP contribution in [-0.2, 0) is 19.4 Å². The van der Waals surface area contributed by atoms with E-state index >= 15 is 0 Å². The van der Waals surface area contributed by atoms with Gasteiger partial charge in [0.25, 0.3) is 0 Å². The van der Waals surface area contributed by atoms with Crippen molar-refractivity contribution in [3.8, 4) is 5.69 Å². The molecule has 2 aromatic rings. The van der Waals surface area contributed by atoms with Gasteiger partial charge in [-0.25, -0.2) is 4.68 Å². The minimum atomic E-state index is 0.632. The third-order valence-corrected chi connectivity index (χ3v) is 5.30. The zero-order valence-electron chi connectivity index (χ0n) is 14.0. The van der Waals surface area contributed by atoms with Crippen LogP contribution in [-0.4, -0.2) is 40.9 Å². The second-order valence-corrected chi connectivity index (χ2v) is 6.84. The van der Waals surface area contributed by atoms with E-state index in [1.165, 1.54) is 54.9 Å². The molecule has 122 valence electrons. The highest BCUT2D eigenvalue weighted by Gasteiger charge is 2.26. The molecule has 0 amide bonds.